The van der Waals surface area contributed by atoms with Gasteiger partial charge in [0.25, 0.3) is 0 Å². The maximum atomic E-state index is 12.6. The average Bonchev–Trinajstić information content (AvgIpc) is 2.74. The van der Waals surface area contributed by atoms with Crippen LogP contribution in [0.1, 0.15) is 45.6 Å². The van der Waals surface area contributed by atoms with Crippen molar-refractivity contribution in [1.29, 1.82) is 0 Å². The van der Waals surface area contributed by atoms with Crippen molar-refractivity contribution in [2.45, 2.75) is 64.8 Å². The van der Waals surface area contributed by atoms with E-state index in [-0.39, 0.29) is 12.5 Å². The molecule has 1 aromatic carbocycles. The molecule has 0 bridgehead atoms. The molecule has 0 unspecified atom stereocenters. The van der Waals surface area contributed by atoms with Crippen molar-refractivity contribution >= 4 is 23.8 Å². The molecule has 10 heteroatoms. The first-order valence-electron chi connectivity index (χ1n) is 10.7. The normalized spacial score (nSPS) is 13.5. The van der Waals surface area contributed by atoms with E-state index in [9.17, 15) is 19.2 Å². The molecule has 0 saturated carbocycles. The molecule has 0 radical (unpaired) electrons. The van der Waals surface area contributed by atoms with Crippen molar-refractivity contribution in [3.05, 3.63) is 35.9 Å². The topological polar surface area (TPSA) is 166 Å². The molecule has 1 rings (SSSR count). The van der Waals surface area contributed by atoms with Crippen molar-refractivity contribution in [2.24, 2.45) is 17.4 Å². The molecule has 10 nitrogen and oxygen atoms in total. The van der Waals surface area contributed by atoms with Crippen LogP contribution in [0.2, 0.25) is 0 Å². The fraction of sp³-hybridized carbons (Fsp3) is 0.545. The smallest absolute Gasteiger partial charge is 0.407 e. The first-order valence-corrected chi connectivity index (χ1v) is 10.7. The first-order chi connectivity index (χ1) is 15.1. The average molecular weight is 450 g/mol. The zero-order valence-corrected chi connectivity index (χ0v) is 18.9. The number of nitrogens with two attached hydrogens (primary N) is 2. The number of unbranched alkanes of at least 4 members (excludes halogenated alkanes) is 1. The third kappa shape index (κ3) is 10.3. The zero-order chi connectivity index (χ0) is 24.1. The number of alkyl carbamates (subject to hydrolysis) is 1. The maximum absolute atomic E-state index is 12.6. The number of hydrogen-bond donors (Lipinski definition) is 5. The molecule has 178 valence electrons. The Labute approximate surface area is 188 Å². The zero-order valence-electron chi connectivity index (χ0n) is 18.9. The van der Waals surface area contributed by atoms with E-state index in [1.165, 1.54) is 6.92 Å². The summed E-state index contributed by atoms with van der Waals surface area (Å²) in [6.07, 6.45) is 0.868. The van der Waals surface area contributed by atoms with E-state index < -0.39 is 41.9 Å². The van der Waals surface area contributed by atoms with Gasteiger partial charge >= 0.3 is 6.09 Å². The second kappa shape index (κ2) is 14.0. The number of nitrogens with one attached hydrogen (secondary N) is 3. The Hall–Kier alpha value is -3.14. The molecule has 0 aliphatic rings. The minimum atomic E-state index is -0.888. The van der Waals surface area contributed by atoms with Gasteiger partial charge in [0.2, 0.25) is 17.7 Å². The quantitative estimate of drug-likeness (QED) is 0.276. The SMILES string of the molecule is CC(C)[C@H](NC(=O)[C@H](C)N)C(=O)N[C@@H](CCCCNC(=O)OCc1ccccc1)C(N)=O. The minimum Gasteiger partial charge on any atom is -0.445 e. The Morgan fingerprint density at radius 1 is 0.969 bits per heavy atom. The highest BCUT2D eigenvalue weighted by atomic mass is 16.5. The van der Waals surface area contributed by atoms with Gasteiger partial charge in [-0.15, -0.1) is 0 Å². The molecule has 0 heterocycles. The molecule has 1 aromatic rings. The Bertz CT molecular complexity index is 754. The number of primary amides is 1. The maximum Gasteiger partial charge on any atom is 0.407 e. The van der Waals surface area contributed by atoms with Gasteiger partial charge in [-0.3, -0.25) is 14.4 Å². The standard InChI is InChI=1S/C22H35N5O5/c1-14(2)18(27-20(29)15(3)23)21(30)26-17(19(24)28)11-7-8-12-25-22(31)32-13-16-9-5-4-6-10-16/h4-6,9-10,14-15,17-18H,7-8,11-13,23H2,1-3H3,(H2,24,28)(H,25,31)(H,26,30)(H,27,29)/t15-,17-,18-/m0/s1. The summed E-state index contributed by atoms with van der Waals surface area (Å²) in [5.41, 5.74) is 11.8. The summed E-state index contributed by atoms with van der Waals surface area (Å²) < 4.78 is 5.12. The molecule has 4 amide bonds. The van der Waals surface area contributed by atoms with Gasteiger partial charge in [-0.1, -0.05) is 44.2 Å². The van der Waals surface area contributed by atoms with Gasteiger partial charge in [-0.25, -0.2) is 4.79 Å². The van der Waals surface area contributed by atoms with E-state index in [1.807, 2.05) is 30.3 Å². The lowest BCUT2D eigenvalue weighted by Crippen LogP contribution is -2.56. The third-order valence-electron chi connectivity index (χ3n) is 4.72. The largest absolute Gasteiger partial charge is 0.445 e. The highest BCUT2D eigenvalue weighted by Crippen LogP contribution is 2.06. The van der Waals surface area contributed by atoms with Crippen LogP contribution in [0.15, 0.2) is 30.3 Å². The fourth-order valence-corrected chi connectivity index (χ4v) is 2.80. The first kappa shape index (κ1) is 26.9. The molecular weight excluding hydrogens is 414 g/mol. The number of rotatable bonds is 13. The molecular formula is C22H35N5O5. The molecule has 32 heavy (non-hydrogen) atoms. The van der Waals surface area contributed by atoms with Crippen LogP contribution in [0.25, 0.3) is 0 Å². The van der Waals surface area contributed by atoms with Gasteiger partial charge < -0.3 is 32.2 Å². The van der Waals surface area contributed by atoms with Gasteiger partial charge in [-0.05, 0) is 37.7 Å². The van der Waals surface area contributed by atoms with Crippen LogP contribution < -0.4 is 27.4 Å². The lowest BCUT2D eigenvalue weighted by molar-refractivity contribution is -0.132. The van der Waals surface area contributed by atoms with E-state index in [2.05, 4.69) is 16.0 Å². The fourth-order valence-electron chi connectivity index (χ4n) is 2.80. The van der Waals surface area contributed by atoms with Gasteiger partial charge in [0.15, 0.2) is 0 Å². The lowest BCUT2D eigenvalue weighted by atomic mass is 10.0. The third-order valence-corrected chi connectivity index (χ3v) is 4.72. The van der Waals surface area contributed by atoms with E-state index in [4.69, 9.17) is 16.2 Å². The number of amides is 4. The predicted octanol–water partition coefficient (Wildman–Crippen LogP) is 0.541. The molecule has 0 aliphatic heterocycles. The molecule has 0 fully saturated rings. The van der Waals surface area contributed by atoms with Crippen molar-refractivity contribution in [1.82, 2.24) is 16.0 Å². The Morgan fingerprint density at radius 2 is 1.62 bits per heavy atom. The van der Waals surface area contributed by atoms with E-state index in [0.717, 1.165) is 5.56 Å². The molecule has 0 aliphatic carbocycles. The van der Waals surface area contributed by atoms with E-state index in [1.54, 1.807) is 13.8 Å². The van der Waals surface area contributed by atoms with Crippen LogP contribution >= 0.6 is 0 Å². The molecule has 0 aromatic heterocycles. The highest BCUT2D eigenvalue weighted by Gasteiger charge is 2.28. The summed E-state index contributed by atoms with van der Waals surface area (Å²) in [6, 6.07) is 6.83. The van der Waals surface area contributed by atoms with Gasteiger partial charge in [0, 0.05) is 6.54 Å². The Kier molecular flexibility index (Phi) is 11.8. The summed E-state index contributed by atoms with van der Waals surface area (Å²) in [7, 11) is 0. The number of benzene rings is 1. The Balaban J connectivity index is 2.39. The number of hydrogen-bond acceptors (Lipinski definition) is 6. The van der Waals surface area contributed by atoms with Gasteiger partial charge in [0.1, 0.15) is 18.7 Å². The van der Waals surface area contributed by atoms with E-state index >= 15 is 0 Å². The predicted molar refractivity (Wildman–Crippen MR) is 120 cm³/mol. The van der Waals surface area contributed by atoms with Crippen LogP contribution in [0, 0.1) is 5.92 Å². The van der Waals surface area contributed by atoms with Crippen LogP contribution in [-0.4, -0.2) is 48.5 Å². The number of carbonyl (C=O) groups is 4. The molecule has 7 N–H and O–H groups in total. The molecule has 3 atom stereocenters. The van der Waals surface area contributed by atoms with Gasteiger partial charge in [-0.2, -0.15) is 0 Å². The van der Waals surface area contributed by atoms with Gasteiger partial charge in [0.05, 0.1) is 6.04 Å². The van der Waals surface area contributed by atoms with Crippen molar-refractivity contribution in [2.75, 3.05) is 6.54 Å². The highest BCUT2D eigenvalue weighted by molar-refractivity contribution is 5.92. The van der Waals surface area contributed by atoms with Crippen LogP contribution in [0.3, 0.4) is 0 Å². The summed E-state index contributed by atoms with van der Waals surface area (Å²) in [5, 5.41) is 7.82. The summed E-state index contributed by atoms with van der Waals surface area (Å²) in [6.45, 7) is 5.59. The second-order valence-electron chi connectivity index (χ2n) is 7.97. The summed E-state index contributed by atoms with van der Waals surface area (Å²) in [5.74, 6) is -1.84. The summed E-state index contributed by atoms with van der Waals surface area (Å²) in [4.78, 5) is 47.9. The second-order valence-corrected chi connectivity index (χ2v) is 7.97. The summed E-state index contributed by atoms with van der Waals surface area (Å²) >= 11 is 0. The molecule has 0 saturated heterocycles. The van der Waals surface area contributed by atoms with Crippen molar-refractivity contribution in [3.63, 3.8) is 0 Å². The van der Waals surface area contributed by atoms with Crippen LogP contribution in [0.4, 0.5) is 4.79 Å². The van der Waals surface area contributed by atoms with Crippen LogP contribution in [0.5, 0.6) is 0 Å². The van der Waals surface area contributed by atoms with Crippen molar-refractivity contribution in [3.8, 4) is 0 Å². The van der Waals surface area contributed by atoms with E-state index in [0.29, 0.717) is 25.8 Å². The number of carbonyl (C=O) groups excluding carboxylic acids is 4. The monoisotopic (exact) mass is 449 g/mol. The molecule has 0 spiro atoms. The number of ether oxygens (including phenoxy) is 1. The van der Waals surface area contributed by atoms with Crippen LogP contribution in [-0.2, 0) is 25.7 Å². The lowest BCUT2D eigenvalue weighted by Gasteiger charge is -2.25. The Morgan fingerprint density at radius 3 is 2.19 bits per heavy atom. The van der Waals surface area contributed by atoms with Crippen molar-refractivity contribution < 1.29 is 23.9 Å². The minimum absolute atomic E-state index is 0.180.